The van der Waals surface area contributed by atoms with E-state index in [1.54, 1.807) is 12.2 Å². The topological polar surface area (TPSA) is 113 Å². The number of ether oxygens (including phenoxy) is 3. The molecule has 0 aromatic heterocycles. The summed E-state index contributed by atoms with van der Waals surface area (Å²) in [7, 11) is 1.35. The number of hydrogen-bond acceptors (Lipinski definition) is 8. The molecular weight excluding hydrogens is 452 g/mol. The molecule has 190 valence electrons. The lowest BCUT2D eigenvalue weighted by atomic mass is 9.44. The lowest BCUT2D eigenvalue weighted by molar-refractivity contribution is -0.197. The molecule has 0 heterocycles. The van der Waals surface area contributed by atoms with Gasteiger partial charge < -0.3 is 14.2 Å². The molecule has 35 heavy (non-hydrogen) atoms. The standard InChI is InChI=1S/C27H34O8/c1-15(28)34-14-22(31)27(35-16(2)29)11-9-21-19-7-6-17-12-18(30)8-10-25(17,3)23(19)20(24(32)33-5)13-26(21,27)4/h8,10,12,19-21,23H,6-7,9,11,13-14H2,1-5H3/t19-,20+,21+,23-,25+,26+,27-/m0/s1. The monoisotopic (exact) mass is 486 g/mol. The van der Waals surface area contributed by atoms with Crippen molar-refractivity contribution in [3.8, 4) is 0 Å². The maximum atomic E-state index is 13.6. The van der Waals surface area contributed by atoms with Crippen LogP contribution in [-0.4, -0.2) is 48.8 Å². The van der Waals surface area contributed by atoms with Crippen LogP contribution in [-0.2, 0) is 38.2 Å². The zero-order chi connectivity index (χ0) is 25.8. The minimum atomic E-state index is -1.49. The molecule has 8 nitrogen and oxygen atoms in total. The summed E-state index contributed by atoms with van der Waals surface area (Å²) in [6.45, 7) is 6.01. The first-order chi connectivity index (χ1) is 16.4. The van der Waals surface area contributed by atoms with Crippen molar-refractivity contribution in [3.05, 3.63) is 23.8 Å². The third kappa shape index (κ3) is 3.76. The maximum absolute atomic E-state index is 13.6. The van der Waals surface area contributed by atoms with Crippen molar-refractivity contribution >= 4 is 29.5 Å². The van der Waals surface area contributed by atoms with Crippen molar-refractivity contribution in [3.63, 3.8) is 0 Å². The van der Waals surface area contributed by atoms with E-state index in [0.29, 0.717) is 12.8 Å². The van der Waals surface area contributed by atoms with Crippen LogP contribution in [0, 0.1) is 34.5 Å². The lowest BCUT2D eigenvalue weighted by Gasteiger charge is -2.60. The second-order valence-electron chi connectivity index (χ2n) is 10.9. The van der Waals surface area contributed by atoms with E-state index < -0.39 is 46.7 Å². The van der Waals surface area contributed by atoms with Gasteiger partial charge in [-0.2, -0.15) is 0 Å². The molecule has 0 unspecified atom stereocenters. The van der Waals surface area contributed by atoms with Crippen molar-refractivity contribution in [2.24, 2.45) is 34.5 Å². The summed E-state index contributed by atoms with van der Waals surface area (Å²) in [5.74, 6) is -2.68. The van der Waals surface area contributed by atoms with E-state index in [1.165, 1.54) is 21.0 Å². The number of carbonyl (C=O) groups excluding carboxylic acids is 5. The van der Waals surface area contributed by atoms with Gasteiger partial charge in [-0.25, -0.2) is 0 Å². The number of fused-ring (bicyclic) bond motifs is 5. The van der Waals surface area contributed by atoms with Gasteiger partial charge in [0.15, 0.2) is 18.0 Å². The Bertz CT molecular complexity index is 1040. The van der Waals surface area contributed by atoms with E-state index in [4.69, 9.17) is 14.2 Å². The Morgan fingerprint density at radius 2 is 1.80 bits per heavy atom. The zero-order valence-corrected chi connectivity index (χ0v) is 21.1. The fraction of sp³-hybridized carbons (Fsp3) is 0.667. The van der Waals surface area contributed by atoms with Crippen LogP contribution in [0.15, 0.2) is 23.8 Å². The molecule has 8 heteroatoms. The van der Waals surface area contributed by atoms with E-state index >= 15 is 0 Å². The second kappa shape index (κ2) is 8.71. The fourth-order valence-corrected chi connectivity index (χ4v) is 7.96. The van der Waals surface area contributed by atoms with E-state index in [-0.39, 0.29) is 35.9 Å². The first-order valence-electron chi connectivity index (χ1n) is 12.3. The van der Waals surface area contributed by atoms with Crippen molar-refractivity contribution in [2.75, 3.05) is 13.7 Å². The maximum Gasteiger partial charge on any atom is 0.309 e. The third-order valence-electron chi connectivity index (χ3n) is 9.32. The van der Waals surface area contributed by atoms with Crippen LogP contribution in [0.1, 0.15) is 59.8 Å². The highest BCUT2D eigenvalue weighted by Crippen LogP contribution is 2.69. The molecule has 0 amide bonds. The minimum Gasteiger partial charge on any atom is -0.469 e. The van der Waals surface area contributed by atoms with Gasteiger partial charge in [-0.1, -0.05) is 25.5 Å². The minimum absolute atomic E-state index is 0.00145. The van der Waals surface area contributed by atoms with Crippen LogP contribution in [0.5, 0.6) is 0 Å². The SMILES string of the molecule is COC(=O)[C@@H]1C[C@]2(C)[C@H](CC[C@]2(OC(C)=O)C(=O)COC(C)=O)[C@@H]2CCC3=CC(=O)C=C[C@@]3(C)[C@@H]21. The van der Waals surface area contributed by atoms with E-state index in [1.807, 2.05) is 13.0 Å². The van der Waals surface area contributed by atoms with E-state index in [9.17, 15) is 24.0 Å². The molecule has 0 aliphatic heterocycles. The van der Waals surface area contributed by atoms with E-state index in [2.05, 4.69) is 6.92 Å². The van der Waals surface area contributed by atoms with Gasteiger partial charge in [0.2, 0.25) is 5.78 Å². The molecule has 0 radical (unpaired) electrons. The number of Topliss-reactive ketones (excluding diaryl/α,β-unsaturated/α-hetero) is 1. The molecule has 0 aromatic carbocycles. The number of methoxy groups -OCH3 is 1. The van der Waals surface area contributed by atoms with Gasteiger partial charge in [-0.15, -0.1) is 0 Å². The number of rotatable bonds is 5. The number of allylic oxidation sites excluding steroid dienone is 4. The second-order valence-corrected chi connectivity index (χ2v) is 10.9. The highest BCUT2D eigenvalue weighted by molar-refractivity contribution is 6.01. The fourth-order valence-electron chi connectivity index (χ4n) is 7.96. The summed E-state index contributed by atoms with van der Waals surface area (Å²) in [6.07, 6.45) is 7.91. The number of esters is 3. The molecule has 4 aliphatic carbocycles. The molecule has 0 N–H and O–H groups in total. The summed E-state index contributed by atoms with van der Waals surface area (Å²) >= 11 is 0. The first-order valence-corrected chi connectivity index (χ1v) is 12.3. The van der Waals surface area contributed by atoms with Crippen molar-refractivity contribution in [1.82, 2.24) is 0 Å². The van der Waals surface area contributed by atoms with Crippen LogP contribution in [0.3, 0.4) is 0 Å². The quantitative estimate of drug-likeness (QED) is 0.430. The summed E-state index contributed by atoms with van der Waals surface area (Å²) in [5, 5.41) is 0. The highest BCUT2D eigenvalue weighted by atomic mass is 16.6. The molecule has 7 atom stereocenters. The highest BCUT2D eigenvalue weighted by Gasteiger charge is 2.71. The van der Waals surface area contributed by atoms with Crippen LogP contribution >= 0.6 is 0 Å². The molecule has 4 aliphatic rings. The molecule has 3 saturated carbocycles. The average Bonchev–Trinajstić information content (AvgIpc) is 3.09. The number of carbonyl (C=O) groups is 5. The predicted molar refractivity (Wildman–Crippen MR) is 124 cm³/mol. The van der Waals surface area contributed by atoms with Crippen LogP contribution < -0.4 is 0 Å². The largest absolute Gasteiger partial charge is 0.469 e. The Balaban J connectivity index is 1.81. The van der Waals surface area contributed by atoms with Crippen molar-refractivity contribution in [2.45, 2.75) is 65.4 Å². The number of ketones is 2. The van der Waals surface area contributed by atoms with Crippen LogP contribution in [0.4, 0.5) is 0 Å². The molecule has 3 fully saturated rings. The predicted octanol–water partition coefficient (Wildman–Crippen LogP) is 3.13. The van der Waals surface area contributed by atoms with Crippen LogP contribution in [0.2, 0.25) is 0 Å². The molecule has 0 bridgehead atoms. The Morgan fingerprint density at radius 1 is 1.09 bits per heavy atom. The molecule has 4 rings (SSSR count). The summed E-state index contributed by atoms with van der Waals surface area (Å²) in [5.41, 5.74) is -1.79. The van der Waals surface area contributed by atoms with Gasteiger partial charge >= 0.3 is 17.9 Å². The molecular formula is C27H34O8. The Morgan fingerprint density at radius 3 is 2.43 bits per heavy atom. The average molecular weight is 487 g/mol. The molecule has 0 saturated heterocycles. The Labute approximate surface area is 205 Å². The lowest BCUT2D eigenvalue weighted by Crippen LogP contribution is -2.62. The smallest absolute Gasteiger partial charge is 0.309 e. The van der Waals surface area contributed by atoms with Gasteiger partial charge in [0.05, 0.1) is 13.0 Å². The summed E-state index contributed by atoms with van der Waals surface area (Å²) < 4.78 is 16.1. The first kappa shape index (κ1) is 25.3. The molecule has 0 spiro atoms. The van der Waals surface area contributed by atoms with Gasteiger partial charge in [-0.3, -0.25) is 24.0 Å². The van der Waals surface area contributed by atoms with Crippen molar-refractivity contribution in [1.29, 1.82) is 0 Å². The van der Waals surface area contributed by atoms with Gasteiger partial charge in [0.25, 0.3) is 0 Å². The zero-order valence-electron chi connectivity index (χ0n) is 21.1. The summed E-state index contributed by atoms with van der Waals surface area (Å²) in [4.78, 5) is 62.6. The Kier molecular flexibility index (Phi) is 6.31. The van der Waals surface area contributed by atoms with Gasteiger partial charge in [-0.05, 0) is 62.0 Å². The Hall–Kier alpha value is -2.77. The normalized spacial score (nSPS) is 39.5. The van der Waals surface area contributed by atoms with E-state index in [0.717, 1.165) is 18.4 Å². The molecule has 0 aromatic rings. The summed E-state index contributed by atoms with van der Waals surface area (Å²) in [6, 6.07) is 0. The van der Waals surface area contributed by atoms with Crippen LogP contribution in [0.25, 0.3) is 0 Å². The third-order valence-corrected chi connectivity index (χ3v) is 9.32. The number of hydrogen-bond donors (Lipinski definition) is 0. The van der Waals surface area contributed by atoms with Gasteiger partial charge in [0.1, 0.15) is 0 Å². The van der Waals surface area contributed by atoms with Crippen molar-refractivity contribution < 1.29 is 38.2 Å². The van der Waals surface area contributed by atoms with Gasteiger partial charge in [0, 0.05) is 24.7 Å².